The van der Waals surface area contributed by atoms with E-state index in [1.165, 1.54) is 12.3 Å². The molecule has 1 N–H and O–H groups in total. The summed E-state index contributed by atoms with van der Waals surface area (Å²) in [4.78, 5) is 7.10. The fourth-order valence-electron chi connectivity index (χ4n) is 1.78. The number of rotatable bonds is 1. The predicted octanol–water partition coefficient (Wildman–Crippen LogP) is 2.65. The fraction of sp³-hybridized carbons (Fsp3) is 0.0833. The van der Waals surface area contributed by atoms with Crippen LogP contribution in [0.1, 0.15) is 5.69 Å². The Hall–Kier alpha value is -2.71. The average Bonchev–Trinajstić information content (AvgIpc) is 2.84. The summed E-state index contributed by atoms with van der Waals surface area (Å²) in [5.41, 5.74) is -0.536. The Labute approximate surface area is 114 Å². The summed E-state index contributed by atoms with van der Waals surface area (Å²) < 4.78 is 51.7. The first kappa shape index (κ1) is 13.3. The molecule has 0 aliphatic heterocycles. The van der Waals surface area contributed by atoms with Gasteiger partial charge in [0.15, 0.2) is 17.3 Å². The van der Waals surface area contributed by atoms with Crippen LogP contribution in [0.4, 0.5) is 17.6 Å². The van der Waals surface area contributed by atoms with Gasteiger partial charge in [-0.1, -0.05) is 0 Å². The van der Waals surface area contributed by atoms with Crippen molar-refractivity contribution in [1.82, 2.24) is 19.6 Å². The fourth-order valence-corrected chi connectivity index (χ4v) is 1.78. The molecule has 0 saturated carbocycles. The molecule has 0 unspecified atom stereocenters. The SMILES string of the molecule is Oc1cc(-c2cnc3nc(C(F)(F)F)cnn23)ccc1F. The summed E-state index contributed by atoms with van der Waals surface area (Å²) in [6.45, 7) is 0. The monoisotopic (exact) mass is 298 g/mol. The van der Waals surface area contributed by atoms with Crippen molar-refractivity contribution in [1.29, 1.82) is 0 Å². The summed E-state index contributed by atoms with van der Waals surface area (Å²) in [5.74, 6) is -1.64. The summed E-state index contributed by atoms with van der Waals surface area (Å²) in [6, 6.07) is 3.50. The van der Waals surface area contributed by atoms with Gasteiger partial charge in [0.1, 0.15) is 0 Å². The number of benzene rings is 1. The second-order valence-electron chi connectivity index (χ2n) is 4.16. The van der Waals surface area contributed by atoms with Crippen molar-refractivity contribution < 1.29 is 22.7 Å². The van der Waals surface area contributed by atoms with Crippen molar-refractivity contribution in [2.24, 2.45) is 0 Å². The molecule has 108 valence electrons. The van der Waals surface area contributed by atoms with Gasteiger partial charge in [-0.2, -0.15) is 22.8 Å². The van der Waals surface area contributed by atoms with Crippen LogP contribution in [0.25, 0.3) is 17.0 Å². The Balaban J connectivity index is 2.14. The Bertz CT molecular complexity index is 828. The number of phenolic OH excluding ortho intramolecular Hbond substituents is 1. The number of fused-ring (bicyclic) bond motifs is 1. The minimum atomic E-state index is -4.62. The van der Waals surface area contributed by atoms with Gasteiger partial charge < -0.3 is 5.11 Å². The van der Waals surface area contributed by atoms with Gasteiger partial charge >= 0.3 is 6.18 Å². The van der Waals surface area contributed by atoms with E-state index in [9.17, 15) is 22.7 Å². The van der Waals surface area contributed by atoms with Crippen LogP contribution in [0.15, 0.2) is 30.6 Å². The van der Waals surface area contributed by atoms with E-state index >= 15 is 0 Å². The molecule has 0 bridgehead atoms. The number of hydrogen-bond acceptors (Lipinski definition) is 4. The van der Waals surface area contributed by atoms with Crippen LogP contribution in [-0.4, -0.2) is 24.7 Å². The summed E-state index contributed by atoms with van der Waals surface area (Å²) >= 11 is 0. The minimum Gasteiger partial charge on any atom is -0.505 e. The number of phenols is 1. The van der Waals surface area contributed by atoms with Gasteiger partial charge in [-0.3, -0.25) is 0 Å². The molecule has 0 atom stereocenters. The number of imidazole rings is 1. The van der Waals surface area contributed by atoms with Crippen LogP contribution in [0.2, 0.25) is 0 Å². The molecule has 0 radical (unpaired) electrons. The third kappa shape index (κ3) is 2.26. The van der Waals surface area contributed by atoms with E-state index in [1.807, 2.05) is 0 Å². The molecule has 0 spiro atoms. The van der Waals surface area contributed by atoms with Crippen LogP contribution in [0.3, 0.4) is 0 Å². The second kappa shape index (κ2) is 4.40. The van der Waals surface area contributed by atoms with Gasteiger partial charge in [0.2, 0.25) is 0 Å². The van der Waals surface area contributed by atoms with Crippen LogP contribution >= 0.6 is 0 Å². The Morgan fingerprint density at radius 3 is 2.57 bits per heavy atom. The van der Waals surface area contributed by atoms with Crippen molar-refractivity contribution in [3.63, 3.8) is 0 Å². The van der Waals surface area contributed by atoms with Crippen molar-refractivity contribution in [2.75, 3.05) is 0 Å². The molecule has 0 saturated heterocycles. The van der Waals surface area contributed by atoms with Gasteiger partial charge in [0.25, 0.3) is 5.78 Å². The van der Waals surface area contributed by atoms with E-state index in [0.29, 0.717) is 11.8 Å². The molecule has 1 aromatic carbocycles. The summed E-state index contributed by atoms with van der Waals surface area (Å²) in [6.07, 6.45) is -2.81. The van der Waals surface area contributed by atoms with Crippen LogP contribution < -0.4 is 0 Å². The first-order chi connectivity index (χ1) is 9.86. The minimum absolute atomic E-state index is 0.247. The molecule has 5 nitrogen and oxygen atoms in total. The molecule has 0 aliphatic carbocycles. The standard InChI is InChI=1S/C12H6F4N4O/c13-7-2-1-6(3-9(7)21)8-4-17-11-19-10(12(14,15)16)5-18-20(8)11/h1-5,21H. The van der Waals surface area contributed by atoms with E-state index < -0.39 is 23.4 Å². The normalized spacial score (nSPS) is 12.0. The maximum Gasteiger partial charge on any atom is 0.435 e. The Kier molecular flexibility index (Phi) is 2.78. The van der Waals surface area contributed by atoms with Gasteiger partial charge in [0.05, 0.1) is 18.1 Å². The lowest BCUT2D eigenvalue weighted by molar-refractivity contribution is -0.141. The first-order valence-electron chi connectivity index (χ1n) is 5.63. The second-order valence-corrected chi connectivity index (χ2v) is 4.16. The molecule has 2 aromatic heterocycles. The molecule has 3 rings (SSSR count). The van der Waals surface area contributed by atoms with Gasteiger partial charge in [-0.25, -0.2) is 14.4 Å². The maximum absolute atomic E-state index is 13.0. The van der Waals surface area contributed by atoms with E-state index in [4.69, 9.17) is 0 Å². The van der Waals surface area contributed by atoms with E-state index in [2.05, 4.69) is 15.1 Å². The van der Waals surface area contributed by atoms with Gasteiger partial charge in [0, 0.05) is 5.56 Å². The third-order valence-electron chi connectivity index (χ3n) is 2.77. The lowest BCUT2D eigenvalue weighted by Crippen LogP contribution is -2.11. The third-order valence-corrected chi connectivity index (χ3v) is 2.77. The van der Waals surface area contributed by atoms with Crippen LogP contribution in [0, 0.1) is 5.82 Å². The van der Waals surface area contributed by atoms with Crippen molar-refractivity contribution in [3.8, 4) is 17.0 Å². The van der Waals surface area contributed by atoms with Gasteiger partial charge in [-0.05, 0) is 18.2 Å². The molecular formula is C12H6F4N4O. The Morgan fingerprint density at radius 1 is 1.14 bits per heavy atom. The topological polar surface area (TPSA) is 63.3 Å². The number of aromatic nitrogens is 4. The highest BCUT2D eigenvalue weighted by atomic mass is 19.4. The molecule has 9 heteroatoms. The molecular weight excluding hydrogens is 292 g/mol. The molecule has 3 aromatic rings. The average molecular weight is 298 g/mol. The number of nitrogens with zero attached hydrogens (tertiary/aromatic N) is 4. The predicted molar refractivity (Wildman–Crippen MR) is 62.8 cm³/mol. The van der Waals surface area contributed by atoms with E-state index in [0.717, 1.165) is 16.6 Å². The lowest BCUT2D eigenvalue weighted by atomic mass is 10.1. The smallest absolute Gasteiger partial charge is 0.435 e. The largest absolute Gasteiger partial charge is 0.505 e. The molecule has 21 heavy (non-hydrogen) atoms. The first-order valence-corrected chi connectivity index (χ1v) is 5.63. The lowest BCUT2D eigenvalue weighted by Gasteiger charge is -2.05. The molecule has 0 amide bonds. The summed E-state index contributed by atoms with van der Waals surface area (Å²) in [7, 11) is 0. The zero-order chi connectivity index (χ0) is 15.2. The van der Waals surface area contributed by atoms with Gasteiger partial charge in [-0.15, -0.1) is 0 Å². The quantitative estimate of drug-likeness (QED) is 0.702. The van der Waals surface area contributed by atoms with E-state index in [1.54, 1.807) is 0 Å². The number of aromatic hydroxyl groups is 1. The van der Waals surface area contributed by atoms with Crippen LogP contribution in [0.5, 0.6) is 5.75 Å². The highest BCUT2D eigenvalue weighted by Gasteiger charge is 2.33. The number of alkyl halides is 3. The highest BCUT2D eigenvalue weighted by molar-refractivity contribution is 5.63. The van der Waals surface area contributed by atoms with Crippen molar-refractivity contribution in [2.45, 2.75) is 6.18 Å². The number of halogens is 4. The van der Waals surface area contributed by atoms with E-state index in [-0.39, 0.29) is 11.5 Å². The maximum atomic E-state index is 13.0. The molecule has 2 heterocycles. The Morgan fingerprint density at radius 2 is 1.90 bits per heavy atom. The molecule has 0 aliphatic rings. The highest BCUT2D eigenvalue weighted by Crippen LogP contribution is 2.29. The molecule has 0 fully saturated rings. The number of hydrogen-bond donors (Lipinski definition) is 1. The van der Waals surface area contributed by atoms with Crippen molar-refractivity contribution >= 4 is 5.78 Å². The zero-order valence-corrected chi connectivity index (χ0v) is 10.1. The zero-order valence-electron chi connectivity index (χ0n) is 10.1. The van der Waals surface area contributed by atoms with Crippen molar-refractivity contribution in [3.05, 3.63) is 42.1 Å². The van der Waals surface area contributed by atoms with Crippen LogP contribution in [-0.2, 0) is 6.18 Å². The summed E-state index contributed by atoms with van der Waals surface area (Å²) in [5, 5.41) is 13.0.